The second-order valence-corrected chi connectivity index (χ2v) is 7.40. The second kappa shape index (κ2) is 6.58. The molecule has 2 aliphatic rings. The van der Waals surface area contributed by atoms with Crippen LogP contribution >= 0.6 is 0 Å². The van der Waals surface area contributed by atoms with Crippen molar-refractivity contribution in [3.63, 3.8) is 0 Å². The van der Waals surface area contributed by atoms with E-state index in [2.05, 4.69) is 33.8 Å². The van der Waals surface area contributed by atoms with Gasteiger partial charge in [-0.25, -0.2) is 0 Å². The predicted octanol–water partition coefficient (Wildman–Crippen LogP) is 2.54. The highest BCUT2D eigenvalue weighted by Gasteiger charge is 2.35. The first-order valence-electron chi connectivity index (χ1n) is 9.01. The monoisotopic (exact) mass is 328 g/mol. The molecule has 1 aromatic carbocycles. The first-order valence-corrected chi connectivity index (χ1v) is 9.01. The molecule has 3 rings (SSSR count). The van der Waals surface area contributed by atoms with Crippen molar-refractivity contribution in [1.82, 2.24) is 9.80 Å². The fraction of sp³-hybridized carbons (Fsp3) is 0.600. The Hall–Kier alpha value is -1.84. The van der Waals surface area contributed by atoms with Crippen LogP contribution in [0, 0.1) is 33.6 Å². The zero-order chi connectivity index (χ0) is 17.4. The molecule has 0 bridgehead atoms. The molecule has 1 aliphatic heterocycles. The van der Waals surface area contributed by atoms with Crippen LogP contribution < -0.4 is 0 Å². The van der Waals surface area contributed by atoms with Gasteiger partial charge in [-0.05, 0) is 68.4 Å². The molecule has 1 aromatic rings. The van der Waals surface area contributed by atoms with Crippen LogP contribution in [0.1, 0.15) is 40.7 Å². The number of carbonyl (C=O) groups excluding carboxylic acids is 2. The third kappa shape index (κ3) is 3.33. The van der Waals surface area contributed by atoms with E-state index in [0.717, 1.165) is 12.8 Å². The molecule has 130 valence electrons. The molecule has 0 radical (unpaired) electrons. The third-order valence-electron chi connectivity index (χ3n) is 5.72. The number of hydrogen-bond acceptors (Lipinski definition) is 2. The van der Waals surface area contributed by atoms with Gasteiger partial charge in [0, 0.05) is 32.1 Å². The van der Waals surface area contributed by atoms with Gasteiger partial charge < -0.3 is 9.80 Å². The maximum absolute atomic E-state index is 12.7. The number of amides is 2. The van der Waals surface area contributed by atoms with E-state index in [-0.39, 0.29) is 11.8 Å². The van der Waals surface area contributed by atoms with Crippen LogP contribution in [0.2, 0.25) is 0 Å². The van der Waals surface area contributed by atoms with Crippen molar-refractivity contribution < 1.29 is 9.59 Å². The molecule has 4 heteroatoms. The summed E-state index contributed by atoms with van der Waals surface area (Å²) in [7, 11) is 0. The zero-order valence-electron chi connectivity index (χ0n) is 15.3. The molecule has 4 nitrogen and oxygen atoms in total. The largest absolute Gasteiger partial charge is 0.339 e. The van der Waals surface area contributed by atoms with Gasteiger partial charge in [-0.3, -0.25) is 9.59 Å². The maximum Gasteiger partial charge on any atom is 0.227 e. The van der Waals surface area contributed by atoms with Crippen LogP contribution in [0.15, 0.2) is 6.07 Å². The molecule has 1 aliphatic carbocycles. The Balaban J connectivity index is 1.63. The maximum atomic E-state index is 12.7. The van der Waals surface area contributed by atoms with Gasteiger partial charge in [-0.2, -0.15) is 0 Å². The van der Waals surface area contributed by atoms with Gasteiger partial charge in [0.1, 0.15) is 0 Å². The summed E-state index contributed by atoms with van der Waals surface area (Å²) in [6.45, 7) is 11.1. The van der Waals surface area contributed by atoms with Crippen molar-refractivity contribution in [3.8, 4) is 0 Å². The number of benzene rings is 1. The summed E-state index contributed by atoms with van der Waals surface area (Å²) >= 11 is 0. The minimum Gasteiger partial charge on any atom is -0.339 e. The highest BCUT2D eigenvalue weighted by Crippen LogP contribution is 2.31. The molecule has 24 heavy (non-hydrogen) atoms. The van der Waals surface area contributed by atoms with Crippen molar-refractivity contribution in [2.75, 3.05) is 26.2 Å². The van der Waals surface area contributed by atoms with Crippen LogP contribution in [0.4, 0.5) is 0 Å². The summed E-state index contributed by atoms with van der Waals surface area (Å²) in [5.74, 6) is 0.751. The molecule has 0 unspecified atom stereocenters. The predicted molar refractivity (Wildman–Crippen MR) is 95.0 cm³/mol. The fourth-order valence-corrected chi connectivity index (χ4v) is 3.59. The summed E-state index contributed by atoms with van der Waals surface area (Å²) in [5, 5.41) is 0. The topological polar surface area (TPSA) is 40.6 Å². The third-order valence-corrected chi connectivity index (χ3v) is 5.72. The van der Waals surface area contributed by atoms with Gasteiger partial charge in [0.25, 0.3) is 0 Å². The number of rotatable bonds is 3. The quantitative estimate of drug-likeness (QED) is 0.855. The summed E-state index contributed by atoms with van der Waals surface area (Å²) in [6, 6.07) is 2.20. The normalized spacial score (nSPS) is 18.0. The molecular formula is C20H28N2O2. The first-order chi connectivity index (χ1) is 11.4. The molecular weight excluding hydrogens is 300 g/mol. The van der Waals surface area contributed by atoms with Crippen LogP contribution in [0.25, 0.3) is 0 Å². The van der Waals surface area contributed by atoms with Gasteiger partial charge >= 0.3 is 0 Å². The summed E-state index contributed by atoms with van der Waals surface area (Å²) in [6.07, 6.45) is 2.56. The van der Waals surface area contributed by atoms with E-state index < -0.39 is 0 Å². The van der Waals surface area contributed by atoms with E-state index in [1.54, 1.807) is 0 Å². The van der Waals surface area contributed by atoms with Gasteiger partial charge in [-0.15, -0.1) is 0 Å². The number of aryl methyl sites for hydroxylation is 2. The van der Waals surface area contributed by atoms with E-state index in [0.29, 0.717) is 38.5 Å². The molecule has 1 heterocycles. The van der Waals surface area contributed by atoms with Crippen molar-refractivity contribution in [3.05, 3.63) is 33.9 Å². The van der Waals surface area contributed by atoms with Crippen molar-refractivity contribution in [2.45, 2.75) is 47.0 Å². The standard InChI is InChI=1S/C20H28N2O2/c1-13-11-14(2)16(4)18(15(13)3)12-19(23)21-7-9-22(10-8-21)20(24)17-5-6-17/h11,17H,5-10,12H2,1-4H3. The highest BCUT2D eigenvalue weighted by atomic mass is 16.2. The van der Waals surface area contributed by atoms with E-state index in [9.17, 15) is 9.59 Å². The van der Waals surface area contributed by atoms with Gasteiger partial charge in [-0.1, -0.05) is 6.07 Å². The molecule has 2 amide bonds. The number of carbonyl (C=O) groups is 2. The minimum atomic E-state index is 0.185. The molecule has 0 aromatic heterocycles. The fourth-order valence-electron chi connectivity index (χ4n) is 3.59. The Morgan fingerprint density at radius 1 is 0.917 bits per heavy atom. The zero-order valence-corrected chi connectivity index (χ0v) is 15.3. The molecule has 0 spiro atoms. The van der Waals surface area contributed by atoms with E-state index in [1.165, 1.54) is 27.8 Å². The molecule has 0 N–H and O–H groups in total. The number of nitrogens with zero attached hydrogens (tertiary/aromatic N) is 2. The van der Waals surface area contributed by atoms with Crippen LogP contribution in [0.5, 0.6) is 0 Å². The lowest BCUT2D eigenvalue weighted by Gasteiger charge is -2.35. The lowest BCUT2D eigenvalue weighted by molar-refractivity contribution is -0.140. The highest BCUT2D eigenvalue weighted by molar-refractivity contribution is 5.82. The van der Waals surface area contributed by atoms with Crippen LogP contribution in [-0.4, -0.2) is 47.8 Å². The SMILES string of the molecule is Cc1cc(C)c(C)c(CC(=O)N2CCN(C(=O)C3CC3)CC2)c1C. The number of hydrogen-bond donors (Lipinski definition) is 0. The number of piperazine rings is 1. The second-order valence-electron chi connectivity index (χ2n) is 7.40. The van der Waals surface area contributed by atoms with E-state index in [4.69, 9.17) is 0 Å². The van der Waals surface area contributed by atoms with Crippen molar-refractivity contribution in [1.29, 1.82) is 0 Å². The first kappa shape index (κ1) is 17.0. The molecule has 1 saturated heterocycles. The molecule has 2 fully saturated rings. The average molecular weight is 328 g/mol. The Kier molecular flexibility index (Phi) is 4.66. The Bertz CT molecular complexity index is 642. The van der Waals surface area contributed by atoms with Crippen molar-refractivity contribution >= 4 is 11.8 Å². The lowest BCUT2D eigenvalue weighted by atomic mass is 9.92. The lowest BCUT2D eigenvalue weighted by Crippen LogP contribution is -2.51. The Labute approximate surface area is 144 Å². The summed E-state index contributed by atoms with van der Waals surface area (Å²) in [4.78, 5) is 28.7. The van der Waals surface area contributed by atoms with Crippen molar-refractivity contribution in [2.24, 2.45) is 5.92 Å². The van der Waals surface area contributed by atoms with E-state index in [1.807, 2.05) is 9.80 Å². The van der Waals surface area contributed by atoms with Crippen LogP contribution in [0.3, 0.4) is 0 Å². The average Bonchev–Trinajstić information content (AvgIpc) is 3.41. The van der Waals surface area contributed by atoms with Gasteiger partial charge in [0.2, 0.25) is 11.8 Å². The minimum absolute atomic E-state index is 0.185. The van der Waals surface area contributed by atoms with Gasteiger partial charge in [0.05, 0.1) is 6.42 Å². The smallest absolute Gasteiger partial charge is 0.227 e. The van der Waals surface area contributed by atoms with E-state index >= 15 is 0 Å². The molecule has 1 saturated carbocycles. The Morgan fingerprint density at radius 2 is 1.42 bits per heavy atom. The summed E-state index contributed by atoms with van der Waals surface area (Å²) < 4.78 is 0. The van der Waals surface area contributed by atoms with Gasteiger partial charge in [0.15, 0.2) is 0 Å². The Morgan fingerprint density at radius 3 is 1.92 bits per heavy atom. The summed E-state index contributed by atoms with van der Waals surface area (Å²) in [5.41, 5.74) is 6.14. The van der Waals surface area contributed by atoms with Crippen LogP contribution in [-0.2, 0) is 16.0 Å². The molecule has 0 atom stereocenters.